The highest BCUT2D eigenvalue weighted by molar-refractivity contribution is 14.0. The fourth-order valence-corrected chi connectivity index (χ4v) is 2.50. The van der Waals surface area contributed by atoms with Crippen LogP contribution in [-0.4, -0.2) is 37.0 Å². The van der Waals surface area contributed by atoms with Crippen LogP contribution in [-0.2, 0) is 0 Å². The second-order valence-corrected chi connectivity index (χ2v) is 6.06. The van der Waals surface area contributed by atoms with E-state index in [0.717, 1.165) is 44.7 Å². The summed E-state index contributed by atoms with van der Waals surface area (Å²) >= 11 is 0. The molecule has 0 heterocycles. The van der Waals surface area contributed by atoms with Gasteiger partial charge in [-0.25, -0.2) is 0 Å². The predicted octanol–water partition coefficient (Wildman–Crippen LogP) is 4.67. The lowest BCUT2D eigenvalue weighted by Gasteiger charge is -2.17. The van der Waals surface area contributed by atoms with Gasteiger partial charge >= 0.3 is 0 Å². The van der Waals surface area contributed by atoms with Crippen molar-refractivity contribution >= 4 is 35.6 Å². The van der Waals surface area contributed by atoms with Gasteiger partial charge in [0.1, 0.15) is 0 Å². The van der Waals surface area contributed by atoms with Gasteiger partial charge in [-0.1, -0.05) is 39.8 Å². The number of benzene rings is 1. The second kappa shape index (κ2) is 13.5. The number of anilines is 1. The van der Waals surface area contributed by atoms with Crippen LogP contribution in [0.25, 0.3) is 0 Å². The number of nitrogens with one attached hydrogen (secondary N) is 1. The Balaban J connectivity index is 0.00000529. The quantitative estimate of drug-likeness (QED) is 0.238. The van der Waals surface area contributed by atoms with Crippen LogP contribution >= 0.6 is 24.0 Å². The Labute approximate surface area is 165 Å². The molecule has 138 valence electrons. The van der Waals surface area contributed by atoms with Crippen LogP contribution in [0, 0.1) is 0 Å². The Morgan fingerprint density at radius 3 is 2.29 bits per heavy atom. The highest BCUT2D eigenvalue weighted by Gasteiger charge is 2.03. The summed E-state index contributed by atoms with van der Waals surface area (Å²) in [5.74, 6) is 1.10. The number of nitrogens with zero attached hydrogens (tertiary/aromatic N) is 2. The first kappa shape index (κ1) is 23.2. The second-order valence-electron chi connectivity index (χ2n) is 6.06. The molecular formula is C19H35IN4. The molecule has 0 radical (unpaired) electrons. The van der Waals surface area contributed by atoms with Crippen LogP contribution in [0.5, 0.6) is 0 Å². The van der Waals surface area contributed by atoms with E-state index in [1.807, 2.05) is 0 Å². The maximum atomic E-state index is 5.95. The normalized spacial score (nSPS) is 12.8. The third-order valence-corrected chi connectivity index (χ3v) is 4.42. The molecule has 0 fully saturated rings. The van der Waals surface area contributed by atoms with E-state index in [4.69, 9.17) is 5.73 Å². The van der Waals surface area contributed by atoms with Gasteiger partial charge in [-0.2, -0.15) is 0 Å². The molecule has 1 aromatic rings. The molecule has 5 heteroatoms. The first-order valence-corrected chi connectivity index (χ1v) is 8.99. The van der Waals surface area contributed by atoms with Crippen molar-refractivity contribution in [2.75, 3.05) is 31.5 Å². The smallest absolute Gasteiger partial charge is 0.193 e. The minimum atomic E-state index is 0. The van der Waals surface area contributed by atoms with Gasteiger partial charge < -0.3 is 16.0 Å². The van der Waals surface area contributed by atoms with Gasteiger partial charge in [-0.3, -0.25) is 4.99 Å². The van der Waals surface area contributed by atoms with Crippen LogP contribution in [0.2, 0.25) is 0 Å². The van der Waals surface area contributed by atoms with Crippen LogP contribution in [0.15, 0.2) is 29.3 Å². The SMILES string of the molecule is CCC(C)c1ccc(NC(N)=NCCCCN(CC)CC)cc1.I. The topological polar surface area (TPSA) is 53.6 Å². The van der Waals surface area contributed by atoms with Crippen molar-refractivity contribution in [1.82, 2.24) is 4.90 Å². The summed E-state index contributed by atoms with van der Waals surface area (Å²) in [7, 11) is 0. The van der Waals surface area contributed by atoms with E-state index in [1.165, 1.54) is 12.0 Å². The maximum Gasteiger partial charge on any atom is 0.193 e. The summed E-state index contributed by atoms with van der Waals surface area (Å²) in [6, 6.07) is 8.47. The first-order chi connectivity index (χ1) is 11.1. The Hall–Kier alpha value is -0.820. The van der Waals surface area contributed by atoms with Crippen molar-refractivity contribution in [2.24, 2.45) is 10.7 Å². The highest BCUT2D eigenvalue weighted by atomic mass is 127. The van der Waals surface area contributed by atoms with Crippen LogP contribution in [0.1, 0.15) is 58.4 Å². The zero-order valence-corrected chi connectivity index (χ0v) is 18.0. The van der Waals surface area contributed by atoms with Crippen molar-refractivity contribution in [2.45, 2.75) is 52.9 Å². The van der Waals surface area contributed by atoms with Gasteiger partial charge in [0.2, 0.25) is 0 Å². The lowest BCUT2D eigenvalue weighted by atomic mass is 9.99. The Kier molecular flexibility index (Phi) is 13.0. The first-order valence-electron chi connectivity index (χ1n) is 8.99. The molecule has 0 aliphatic heterocycles. The van der Waals surface area contributed by atoms with Gasteiger partial charge in [-0.05, 0) is 62.5 Å². The number of hydrogen-bond acceptors (Lipinski definition) is 2. The van der Waals surface area contributed by atoms with Crippen molar-refractivity contribution in [3.8, 4) is 0 Å². The molecule has 1 rings (SSSR count). The number of hydrogen-bond donors (Lipinski definition) is 2. The van der Waals surface area contributed by atoms with Gasteiger partial charge in [0, 0.05) is 12.2 Å². The summed E-state index contributed by atoms with van der Waals surface area (Å²) in [5.41, 5.74) is 8.32. The molecule has 0 bridgehead atoms. The summed E-state index contributed by atoms with van der Waals surface area (Å²) < 4.78 is 0. The largest absolute Gasteiger partial charge is 0.370 e. The van der Waals surface area contributed by atoms with E-state index in [1.54, 1.807) is 0 Å². The molecule has 1 aromatic carbocycles. The Bertz CT molecular complexity index is 455. The molecule has 0 saturated carbocycles. The third-order valence-electron chi connectivity index (χ3n) is 4.42. The van der Waals surface area contributed by atoms with Gasteiger partial charge in [-0.15, -0.1) is 24.0 Å². The fraction of sp³-hybridized carbons (Fsp3) is 0.632. The molecule has 1 atom stereocenters. The summed E-state index contributed by atoms with van der Waals surface area (Å²) in [4.78, 5) is 6.84. The molecule has 0 saturated heterocycles. The molecule has 0 aliphatic rings. The zero-order valence-electron chi connectivity index (χ0n) is 15.7. The van der Waals surface area contributed by atoms with Crippen molar-refractivity contribution in [3.05, 3.63) is 29.8 Å². The molecule has 1 unspecified atom stereocenters. The zero-order chi connectivity index (χ0) is 17.1. The number of aliphatic imine (C=N–C) groups is 1. The lowest BCUT2D eigenvalue weighted by Crippen LogP contribution is -2.24. The highest BCUT2D eigenvalue weighted by Crippen LogP contribution is 2.20. The number of halogens is 1. The summed E-state index contributed by atoms with van der Waals surface area (Å²) in [6.45, 7) is 13.0. The van der Waals surface area contributed by atoms with E-state index in [-0.39, 0.29) is 24.0 Å². The average molecular weight is 446 g/mol. The third kappa shape index (κ3) is 8.87. The number of nitrogens with two attached hydrogens (primary N) is 1. The summed E-state index contributed by atoms with van der Waals surface area (Å²) in [6.07, 6.45) is 3.40. The fourth-order valence-electron chi connectivity index (χ4n) is 2.50. The molecule has 0 spiro atoms. The van der Waals surface area contributed by atoms with Gasteiger partial charge in [0.15, 0.2) is 5.96 Å². The van der Waals surface area contributed by atoms with Gasteiger partial charge in [0.25, 0.3) is 0 Å². The standard InChI is InChI=1S/C19H34N4.HI/c1-5-16(4)17-10-12-18(13-11-17)22-19(20)21-14-8-9-15-23(6-2)7-3;/h10-13,16H,5-9,14-15H2,1-4H3,(H3,20,21,22);1H. The van der Waals surface area contributed by atoms with Crippen LogP contribution in [0.3, 0.4) is 0 Å². The minimum absolute atomic E-state index is 0. The monoisotopic (exact) mass is 446 g/mol. The van der Waals surface area contributed by atoms with Crippen LogP contribution < -0.4 is 11.1 Å². The lowest BCUT2D eigenvalue weighted by molar-refractivity contribution is 0.298. The maximum absolute atomic E-state index is 5.95. The molecule has 0 amide bonds. The number of guanidine groups is 1. The van der Waals surface area contributed by atoms with Crippen molar-refractivity contribution in [3.63, 3.8) is 0 Å². The summed E-state index contributed by atoms with van der Waals surface area (Å²) in [5, 5.41) is 3.17. The van der Waals surface area contributed by atoms with E-state index in [0.29, 0.717) is 11.9 Å². The van der Waals surface area contributed by atoms with Crippen LogP contribution in [0.4, 0.5) is 5.69 Å². The molecule has 0 aliphatic carbocycles. The molecular weight excluding hydrogens is 411 g/mol. The Morgan fingerprint density at radius 2 is 1.75 bits per heavy atom. The predicted molar refractivity (Wildman–Crippen MR) is 118 cm³/mol. The molecule has 24 heavy (non-hydrogen) atoms. The van der Waals surface area contributed by atoms with E-state index < -0.39 is 0 Å². The van der Waals surface area contributed by atoms with E-state index in [2.05, 4.69) is 67.2 Å². The number of unbranched alkanes of at least 4 members (excludes halogenated alkanes) is 1. The molecule has 0 aromatic heterocycles. The van der Waals surface area contributed by atoms with E-state index >= 15 is 0 Å². The van der Waals surface area contributed by atoms with Crippen molar-refractivity contribution < 1.29 is 0 Å². The number of rotatable bonds is 10. The van der Waals surface area contributed by atoms with Crippen molar-refractivity contribution in [1.29, 1.82) is 0 Å². The van der Waals surface area contributed by atoms with E-state index in [9.17, 15) is 0 Å². The van der Waals surface area contributed by atoms with Gasteiger partial charge in [0.05, 0.1) is 0 Å². The minimum Gasteiger partial charge on any atom is -0.370 e. The molecule has 3 N–H and O–H groups in total. The molecule has 4 nitrogen and oxygen atoms in total. The average Bonchev–Trinajstić information content (AvgIpc) is 2.58. The Morgan fingerprint density at radius 1 is 1.12 bits per heavy atom.